The van der Waals surface area contributed by atoms with Crippen molar-refractivity contribution < 1.29 is 27.5 Å². The van der Waals surface area contributed by atoms with E-state index in [1.165, 1.54) is 24.3 Å². The molecule has 2 aromatic carbocycles. The first-order valence-electron chi connectivity index (χ1n) is 8.96. The van der Waals surface area contributed by atoms with E-state index in [1.807, 2.05) is 13.0 Å². The summed E-state index contributed by atoms with van der Waals surface area (Å²) in [7, 11) is -3.92. The molecule has 0 bridgehead atoms. The molecule has 1 saturated heterocycles. The van der Waals surface area contributed by atoms with Crippen molar-refractivity contribution >= 4 is 33.5 Å². The smallest absolute Gasteiger partial charge is 0.338 e. The fourth-order valence-electron chi connectivity index (χ4n) is 2.91. The van der Waals surface area contributed by atoms with Gasteiger partial charge in [-0.3, -0.25) is 19.2 Å². The molecule has 0 atom stereocenters. The molecule has 9 heteroatoms. The molecule has 3 rings (SSSR count). The van der Waals surface area contributed by atoms with Gasteiger partial charge in [0.1, 0.15) is 0 Å². The third kappa shape index (κ3) is 5.00. The maximum Gasteiger partial charge on any atom is 0.338 e. The van der Waals surface area contributed by atoms with Crippen LogP contribution in [0.4, 0.5) is 5.69 Å². The lowest BCUT2D eigenvalue weighted by molar-refractivity contribution is -0.143. The predicted molar refractivity (Wildman–Crippen MR) is 105 cm³/mol. The molecule has 1 fully saturated rings. The van der Waals surface area contributed by atoms with E-state index in [-0.39, 0.29) is 16.4 Å². The Hall–Kier alpha value is -3.20. The lowest BCUT2D eigenvalue weighted by Crippen LogP contribution is -2.35. The molecule has 0 aliphatic carbocycles. The Morgan fingerprint density at radius 1 is 1.14 bits per heavy atom. The molecule has 0 radical (unpaired) electrons. The fraction of sp³-hybridized carbons (Fsp3) is 0.250. The number of hydrogen-bond donors (Lipinski definition) is 1. The van der Waals surface area contributed by atoms with Gasteiger partial charge in [0.2, 0.25) is 5.91 Å². The maximum atomic E-state index is 12.6. The molecule has 1 aliphatic rings. The molecule has 1 heterocycles. The van der Waals surface area contributed by atoms with Crippen molar-refractivity contribution in [2.45, 2.75) is 24.7 Å². The second-order valence-electron chi connectivity index (χ2n) is 6.62. The molecule has 2 amide bonds. The topological polar surface area (TPSA) is 110 Å². The highest BCUT2D eigenvalue weighted by Crippen LogP contribution is 2.18. The molecular formula is C20H20N2O6S. The number of benzene rings is 2. The molecule has 29 heavy (non-hydrogen) atoms. The van der Waals surface area contributed by atoms with Crippen molar-refractivity contribution in [1.82, 2.24) is 4.90 Å². The zero-order valence-corrected chi connectivity index (χ0v) is 16.6. The van der Waals surface area contributed by atoms with Crippen molar-refractivity contribution in [2.75, 3.05) is 17.9 Å². The number of amides is 2. The largest absolute Gasteiger partial charge is 0.452 e. The van der Waals surface area contributed by atoms with E-state index in [0.29, 0.717) is 25.1 Å². The van der Waals surface area contributed by atoms with Gasteiger partial charge in [-0.2, -0.15) is 0 Å². The zero-order valence-electron chi connectivity index (χ0n) is 15.8. The normalized spacial score (nSPS) is 14.0. The van der Waals surface area contributed by atoms with Crippen LogP contribution >= 0.6 is 0 Å². The van der Waals surface area contributed by atoms with Gasteiger partial charge in [0, 0.05) is 18.7 Å². The summed E-state index contributed by atoms with van der Waals surface area (Å²) in [5.74, 6) is -1.73. The van der Waals surface area contributed by atoms with Crippen LogP contribution in [0, 0.1) is 6.92 Å². The number of ether oxygens (including phenoxy) is 1. The van der Waals surface area contributed by atoms with Crippen LogP contribution < -0.4 is 4.72 Å². The van der Waals surface area contributed by atoms with E-state index in [4.69, 9.17) is 4.74 Å². The van der Waals surface area contributed by atoms with E-state index in [9.17, 15) is 22.8 Å². The van der Waals surface area contributed by atoms with E-state index >= 15 is 0 Å². The van der Waals surface area contributed by atoms with E-state index < -0.39 is 28.5 Å². The summed E-state index contributed by atoms with van der Waals surface area (Å²) in [5.41, 5.74) is 1.28. The minimum absolute atomic E-state index is 0.0161. The Balaban J connectivity index is 1.68. The third-order valence-electron chi connectivity index (χ3n) is 4.35. The first kappa shape index (κ1) is 20.5. The highest BCUT2D eigenvalue weighted by Gasteiger charge is 2.27. The van der Waals surface area contributed by atoms with Gasteiger partial charge in [-0.25, -0.2) is 13.2 Å². The Morgan fingerprint density at radius 2 is 1.90 bits per heavy atom. The Labute approximate surface area is 168 Å². The van der Waals surface area contributed by atoms with Gasteiger partial charge in [0.15, 0.2) is 6.61 Å². The molecule has 0 saturated carbocycles. The van der Waals surface area contributed by atoms with Crippen LogP contribution in [0.3, 0.4) is 0 Å². The molecule has 0 aromatic heterocycles. The highest BCUT2D eigenvalue weighted by molar-refractivity contribution is 7.92. The maximum absolute atomic E-state index is 12.6. The third-order valence-corrected chi connectivity index (χ3v) is 5.73. The van der Waals surface area contributed by atoms with Gasteiger partial charge in [-0.05, 0) is 49.2 Å². The number of carbonyl (C=O) groups excluding carboxylic acids is 3. The molecule has 152 valence electrons. The number of esters is 1. The molecule has 0 unspecified atom stereocenters. The van der Waals surface area contributed by atoms with Gasteiger partial charge in [0.05, 0.1) is 10.5 Å². The van der Waals surface area contributed by atoms with Crippen molar-refractivity contribution in [3.8, 4) is 0 Å². The van der Waals surface area contributed by atoms with Crippen LogP contribution in [0.1, 0.15) is 28.8 Å². The summed E-state index contributed by atoms with van der Waals surface area (Å²) < 4.78 is 32.6. The van der Waals surface area contributed by atoms with Crippen LogP contribution in [-0.2, 0) is 24.3 Å². The van der Waals surface area contributed by atoms with Crippen molar-refractivity contribution in [3.05, 3.63) is 59.7 Å². The van der Waals surface area contributed by atoms with Crippen LogP contribution in [-0.4, -0.2) is 44.3 Å². The first-order valence-corrected chi connectivity index (χ1v) is 10.4. The van der Waals surface area contributed by atoms with Gasteiger partial charge in [-0.1, -0.05) is 18.2 Å². The Kier molecular flexibility index (Phi) is 5.97. The van der Waals surface area contributed by atoms with Gasteiger partial charge in [0.25, 0.3) is 15.9 Å². The monoisotopic (exact) mass is 416 g/mol. The van der Waals surface area contributed by atoms with E-state index in [2.05, 4.69) is 4.72 Å². The Morgan fingerprint density at radius 3 is 2.59 bits per heavy atom. The summed E-state index contributed by atoms with van der Waals surface area (Å²) >= 11 is 0. The number of sulfonamides is 1. The van der Waals surface area contributed by atoms with Gasteiger partial charge >= 0.3 is 5.97 Å². The molecule has 1 N–H and O–H groups in total. The van der Waals surface area contributed by atoms with Crippen molar-refractivity contribution in [3.63, 3.8) is 0 Å². The number of nitrogens with zero attached hydrogens (tertiary/aromatic N) is 1. The lowest BCUT2D eigenvalue weighted by atomic mass is 10.2. The predicted octanol–water partition coefficient (Wildman–Crippen LogP) is 2.10. The lowest BCUT2D eigenvalue weighted by Gasteiger charge is -2.13. The number of rotatable bonds is 6. The average Bonchev–Trinajstić information content (AvgIpc) is 3.11. The van der Waals surface area contributed by atoms with Gasteiger partial charge < -0.3 is 4.74 Å². The summed E-state index contributed by atoms with van der Waals surface area (Å²) in [4.78, 5) is 36.7. The highest BCUT2D eigenvalue weighted by atomic mass is 32.2. The number of imide groups is 1. The molecule has 8 nitrogen and oxygen atoms in total. The molecule has 1 aliphatic heterocycles. The standard InChI is InChI=1S/C20H20N2O6S/c1-14-5-2-7-16(11-14)21-29(26,27)17-8-3-6-15(12-17)20(25)28-13-19(24)22-10-4-9-18(22)23/h2-3,5-8,11-12,21H,4,9-10,13H2,1H3. The van der Waals surface area contributed by atoms with Crippen LogP contribution in [0.2, 0.25) is 0 Å². The first-order chi connectivity index (χ1) is 13.8. The fourth-order valence-corrected chi connectivity index (χ4v) is 4.01. The van der Waals surface area contributed by atoms with Crippen molar-refractivity contribution in [1.29, 1.82) is 0 Å². The molecule has 0 spiro atoms. The van der Waals surface area contributed by atoms with Gasteiger partial charge in [-0.15, -0.1) is 0 Å². The number of nitrogens with one attached hydrogen (secondary N) is 1. The minimum atomic E-state index is -3.92. The number of likely N-dealkylation sites (tertiary alicyclic amines) is 1. The molecular weight excluding hydrogens is 396 g/mol. The second kappa shape index (κ2) is 8.44. The molecule has 2 aromatic rings. The summed E-state index contributed by atoms with van der Waals surface area (Å²) in [5, 5.41) is 0. The second-order valence-corrected chi connectivity index (χ2v) is 8.30. The summed E-state index contributed by atoms with van der Waals surface area (Å²) in [6.45, 7) is 1.57. The van der Waals surface area contributed by atoms with Crippen LogP contribution in [0.5, 0.6) is 0 Å². The summed E-state index contributed by atoms with van der Waals surface area (Å²) in [6.07, 6.45) is 0.889. The van der Waals surface area contributed by atoms with Crippen LogP contribution in [0.15, 0.2) is 53.4 Å². The number of hydrogen-bond acceptors (Lipinski definition) is 6. The van der Waals surface area contributed by atoms with Crippen LogP contribution in [0.25, 0.3) is 0 Å². The minimum Gasteiger partial charge on any atom is -0.452 e. The SMILES string of the molecule is Cc1cccc(NS(=O)(=O)c2cccc(C(=O)OCC(=O)N3CCCC3=O)c2)c1. The van der Waals surface area contributed by atoms with Crippen molar-refractivity contribution in [2.24, 2.45) is 0 Å². The number of anilines is 1. The zero-order chi connectivity index (χ0) is 21.0. The summed E-state index contributed by atoms with van der Waals surface area (Å²) in [6, 6.07) is 12.2. The Bertz CT molecular complexity index is 1060. The average molecular weight is 416 g/mol. The number of aryl methyl sites for hydroxylation is 1. The number of carbonyl (C=O) groups is 3. The van der Waals surface area contributed by atoms with E-state index in [1.54, 1.807) is 18.2 Å². The van der Waals surface area contributed by atoms with E-state index in [0.717, 1.165) is 10.5 Å². The quantitative estimate of drug-likeness (QED) is 0.722.